The Kier molecular flexibility index (Phi) is 6.73. The van der Waals surface area contributed by atoms with Crippen molar-refractivity contribution in [2.75, 3.05) is 13.1 Å². The Morgan fingerprint density at radius 3 is 2.67 bits per heavy atom. The van der Waals surface area contributed by atoms with Crippen LogP contribution in [0.15, 0.2) is 36.5 Å². The van der Waals surface area contributed by atoms with Crippen molar-refractivity contribution in [1.82, 2.24) is 16.0 Å². The summed E-state index contributed by atoms with van der Waals surface area (Å²) in [6.07, 6.45) is 4.75. The van der Waals surface area contributed by atoms with Crippen LogP contribution in [0.2, 0.25) is 0 Å². The van der Waals surface area contributed by atoms with E-state index in [0.29, 0.717) is 25.9 Å². The van der Waals surface area contributed by atoms with Crippen LogP contribution in [0.25, 0.3) is 6.08 Å². The molecule has 0 fully saturated rings. The zero-order chi connectivity index (χ0) is 13.1. The van der Waals surface area contributed by atoms with Crippen LogP contribution in [0, 0.1) is 0 Å². The van der Waals surface area contributed by atoms with Crippen molar-refractivity contribution in [1.29, 1.82) is 0 Å². The topological polar surface area (TPSA) is 70.2 Å². The average molecular weight is 247 g/mol. The van der Waals surface area contributed by atoms with Crippen LogP contribution in [-0.4, -0.2) is 25.5 Å². The summed E-state index contributed by atoms with van der Waals surface area (Å²) in [6, 6.07) is 9.43. The van der Waals surface area contributed by atoms with Crippen molar-refractivity contribution < 1.29 is 9.59 Å². The molecule has 3 N–H and O–H groups in total. The van der Waals surface area contributed by atoms with Gasteiger partial charge < -0.3 is 16.0 Å². The van der Waals surface area contributed by atoms with Crippen LogP contribution in [0.5, 0.6) is 0 Å². The lowest BCUT2D eigenvalue weighted by atomic mass is 10.2. The Hall–Kier alpha value is -2.30. The second-order valence-corrected chi connectivity index (χ2v) is 3.57. The van der Waals surface area contributed by atoms with Crippen LogP contribution in [-0.2, 0) is 4.79 Å². The molecular weight excluding hydrogens is 230 g/mol. The van der Waals surface area contributed by atoms with Gasteiger partial charge in [0.1, 0.15) is 0 Å². The summed E-state index contributed by atoms with van der Waals surface area (Å²) in [5.41, 5.74) is 1.02. The molecule has 1 rings (SSSR count). The number of nitrogens with one attached hydrogen (secondary N) is 3. The van der Waals surface area contributed by atoms with Gasteiger partial charge >= 0.3 is 6.03 Å². The highest BCUT2D eigenvalue weighted by atomic mass is 16.2. The quantitative estimate of drug-likeness (QED) is 0.498. The van der Waals surface area contributed by atoms with Crippen molar-refractivity contribution in [2.45, 2.75) is 6.42 Å². The van der Waals surface area contributed by atoms with Gasteiger partial charge in [0.05, 0.1) is 0 Å². The largest absolute Gasteiger partial charge is 0.359 e. The smallest absolute Gasteiger partial charge is 0.318 e. The van der Waals surface area contributed by atoms with E-state index in [9.17, 15) is 9.59 Å². The van der Waals surface area contributed by atoms with E-state index in [0.717, 1.165) is 5.56 Å². The monoisotopic (exact) mass is 247 g/mol. The predicted octanol–water partition coefficient (Wildman–Crippen LogP) is 1.09. The molecule has 1 aromatic rings. The highest BCUT2D eigenvalue weighted by Crippen LogP contribution is 1.99. The maximum Gasteiger partial charge on any atom is 0.318 e. The lowest BCUT2D eigenvalue weighted by Gasteiger charge is -2.03. The molecule has 0 aromatic heterocycles. The zero-order valence-corrected chi connectivity index (χ0v) is 10.1. The molecule has 5 nitrogen and oxygen atoms in total. The van der Waals surface area contributed by atoms with E-state index < -0.39 is 0 Å². The van der Waals surface area contributed by atoms with Gasteiger partial charge in [-0.25, -0.2) is 4.79 Å². The second-order valence-electron chi connectivity index (χ2n) is 3.57. The summed E-state index contributed by atoms with van der Waals surface area (Å²) >= 11 is 0. The second kappa shape index (κ2) is 8.81. The minimum Gasteiger partial charge on any atom is -0.359 e. The van der Waals surface area contributed by atoms with Gasteiger partial charge in [0, 0.05) is 19.3 Å². The molecule has 0 radical (unpaired) electrons. The summed E-state index contributed by atoms with van der Waals surface area (Å²) < 4.78 is 0. The first-order valence-electron chi connectivity index (χ1n) is 5.76. The normalized spacial score (nSPS) is 10.0. The van der Waals surface area contributed by atoms with Crippen molar-refractivity contribution in [2.24, 2.45) is 0 Å². The van der Waals surface area contributed by atoms with Crippen LogP contribution in [0.4, 0.5) is 4.79 Å². The summed E-state index contributed by atoms with van der Waals surface area (Å²) in [5.74, 6) is 0. The maximum absolute atomic E-state index is 11.3. The van der Waals surface area contributed by atoms with Crippen LogP contribution in [0.3, 0.4) is 0 Å². The molecule has 0 bridgehead atoms. The molecule has 18 heavy (non-hydrogen) atoms. The molecule has 0 aliphatic rings. The van der Waals surface area contributed by atoms with Crippen molar-refractivity contribution in [3.8, 4) is 0 Å². The molecule has 0 heterocycles. The first kappa shape index (κ1) is 13.8. The van der Waals surface area contributed by atoms with E-state index >= 15 is 0 Å². The number of carbonyl (C=O) groups excluding carboxylic acids is 2. The fourth-order valence-corrected chi connectivity index (χ4v) is 1.28. The van der Waals surface area contributed by atoms with Gasteiger partial charge in [0.15, 0.2) is 0 Å². The third-order valence-corrected chi connectivity index (χ3v) is 2.16. The Bertz CT molecular complexity index is 390. The van der Waals surface area contributed by atoms with Gasteiger partial charge in [0.25, 0.3) is 0 Å². The lowest BCUT2D eigenvalue weighted by Crippen LogP contribution is -2.33. The Morgan fingerprint density at radius 2 is 1.94 bits per heavy atom. The molecule has 0 saturated carbocycles. The highest BCUT2D eigenvalue weighted by molar-refractivity contribution is 5.75. The number of amides is 3. The molecule has 0 aliphatic carbocycles. The zero-order valence-electron chi connectivity index (χ0n) is 10.1. The number of benzene rings is 1. The fraction of sp³-hybridized carbons (Fsp3) is 0.231. The van der Waals surface area contributed by atoms with Crippen LogP contribution in [0.1, 0.15) is 12.0 Å². The third-order valence-electron chi connectivity index (χ3n) is 2.16. The van der Waals surface area contributed by atoms with E-state index in [2.05, 4.69) is 16.0 Å². The van der Waals surface area contributed by atoms with Gasteiger partial charge in [-0.1, -0.05) is 30.3 Å². The van der Waals surface area contributed by atoms with E-state index in [-0.39, 0.29) is 6.03 Å². The standard InChI is InChI=1S/C13H17N3O2/c17-11-14-8-4-9-15-13(18)16-10-7-12-5-2-1-3-6-12/h1-3,5-7,10-11H,4,8-9H2,(H,14,17)(H2,15,16,18)/b10-7+. The van der Waals surface area contributed by atoms with Crippen molar-refractivity contribution >= 4 is 18.5 Å². The molecular formula is C13H17N3O2. The summed E-state index contributed by atoms with van der Waals surface area (Å²) in [5, 5.41) is 7.79. The van der Waals surface area contributed by atoms with Crippen LogP contribution >= 0.6 is 0 Å². The Morgan fingerprint density at radius 1 is 1.17 bits per heavy atom. The minimum absolute atomic E-state index is 0.256. The Labute approximate surface area is 106 Å². The number of rotatable bonds is 7. The predicted molar refractivity (Wildman–Crippen MR) is 70.7 cm³/mol. The minimum atomic E-state index is -0.256. The van der Waals surface area contributed by atoms with Crippen molar-refractivity contribution in [3.05, 3.63) is 42.1 Å². The molecule has 3 amide bonds. The molecule has 5 heteroatoms. The first-order chi connectivity index (χ1) is 8.83. The molecule has 0 unspecified atom stereocenters. The van der Waals surface area contributed by atoms with Crippen LogP contribution < -0.4 is 16.0 Å². The van der Waals surface area contributed by atoms with Gasteiger partial charge in [0.2, 0.25) is 6.41 Å². The molecule has 1 aromatic carbocycles. The van der Waals surface area contributed by atoms with Gasteiger partial charge in [-0.3, -0.25) is 4.79 Å². The van der Waals surface area contributed by atoms with Gasteiger partial charge in [-0.15, -0.1) is 0 Å². The van der Waals surface area contributed by atoms with Crippen molar-refractivity contribution in [3.63, 3.8) is 0 Å². The summed E-state index contributed by atoms with van der Waals surface area (Å²) in [7, 11) is 0. The number of carbonyl (C=O) groups is 2. The van der Waals surface area contributed by atoms with E-state index in [1.165, 1.54) is 0 Å². The average Bonchev–Trinajstić information content (AvgIpc) is 2.40. The fourth-order valence-electron chi connectivity index (χ4n) is 1.28. The third kappa shape index (κ3) is 6.32. The van der Waals surface area contributed by atoms with Gasteiger partial charge in [-0.05, 0) is 18.1 Å². The summed E-state index contributed by atoms with van der Waals surface area (Å²) in [4.78, 5) is 21.3. The number of hydrogen-bond acceptors (Lipinski definition) is 2. The first-order valence-corrected chi connectivity index (χ1v) is 5.76. The SMILES string of the molecule is O=CNCCCNC(=O)N/C=C/c1ccccc1. The van der Waals surface area contributed by atoms with E-state index in [1.54, 1.807) is 6.20 Å². The number of hydrogen-bond donors (Lipinski definition) is 3. The highest BCUT2D eigenvalue weighted by Gasteiger charge is 1.94. The molecule has 96 valence electrons. The summed E-state index contributed by atoms with van der Waals surface area (Å²) in [6.45, 7) is 1.08. The maximum atomic E-state index is 11.3. The molecule has 0 atom stereocenters. The molecule has 0 saturated heterocycles. The Balaban J connectivity index is 2.13. The van der Waals surface area contributed by atoms with Gasteiger partial charge in [-0.2, -0.15) is 0 Å². The van der Waals surface area contributed by atoms with E-state index in [4.69, 9.17) is 0 Å². The lowest BCUT2D eigenvalue weighted by molar-refractivity contribution is -0.109. The molecule has 0 spiro atoms. The molecule has 0 aliphatic heterocycles. The van der Waals surface area contributed by atoms with E-state index in [1.807, 2.05) is 36.4 Å². The number of urea groups is 1.